The topological polar surface area (TPSA) is 20.2 Å². The molecule has 0 saturated heterocycles. The summed E-state index contributed by atoms with van der Waals surface area (Å²) in [5.41, 5.74) is -0.390. The van der Waals surface area contributed by atoms with Crippen molar-refractivity contribution in [3.63, 3.8) is 0 Å². The highest BCUT2D eigenvalue weighted by Gasteiger charge is 2.46. The summed E-state index contributed by atoms with van der Waals surface area (Å²) < 4.78 is 0. The third kappa shape index (κ3) is 4.82. The second-order valence-corrected chi connectivity index (χ2v) is 10.1. The third-order valence-electron chi connectivity index (χ3n) is 8.56. The van der Waals surface area contributed by atoms with Gasteiger partial charge in [0.25, 0.3) is 0 Å². The molecule has 3 fully saturated rings. The first-order valence-corrected chi connectivity index (χ1v) is 11.8. The number of aliphatic hydroxyl groups is 1. The maximum Gasteiger partial charge on any atom is 0.0706 e. The molecule has 3 aliphatic rings. The summed E-state index contributed by atoms with van der Waals surface area (Å²) in [7, 11) is 0. The fourth-order valence-electron chi connectivity index (χ4n) is 6.75. The normalized spacial score (nSPS) is 29.9. The van der Waals surface area contributed by atoms with Crippen molar-refractivity contribution >= 4 is 0 Å². The first-order valence-electron chi connectivity index (χ1n) is 11.8. The van der Waals surface area contributed by atoms with Crippen molar-refractivity contribution in [3.8, 4) is 0 Å². The van der Waals surface area contributed by atoms with E-state index in [0.29, 0.717) is 17.8 Å². The van der Waals surface area contributed by atoms with Crippen LogP contribution in [0.3, 0.4) is 0 Å². The predicted molar refractivity (Wildman–Crippen MR) is 108 cm³/mol. The Morgan fingerprint density at radius 1 is 0.680 bits per heavy atom. The molecule has 0 aromatic rings. The molecule has 3 rings (SSSR count). The number of hydrogen-bond acceptors (Lipinski definition) is 1. The summed E-state index contributed by atoms with van der Waals surface area (Å²) in [6, 6.07) is 0. The lowest BCUT2D eigenvalue weighted by Crippen LogP contribution is -2.49. The Balaban J connectivity index is 1.72. The third-order valence-corrected chi connectivity index (χ3v) is 8.56. The molecule has 0 aliphatic heterocycles. The Morgan fingerprint density at radius 2 is 1.12 bits per heavy atom. The molecular weight excluding hydrogens is 304 g/mol. The summed E-state index contributed by atoms with van der Waals surface area (Å²) in [4.78, 5) is 0. The first kappa shape index (κ1) is 19.7. The van der Waals surface area contributed by atoms with Gasteiger partial charge in [0.05, 0.1) is 5.60 Å². The summed E-state index contributed by atoms with van der Waals surface area (Å²) in [5, 5.41) is 12.2. The van der Waals surface area contributed by atoms with Crippen LogP contribution in [0, 0.1) is 29.6 Å². The molecule has 1 nitrogen and oxygen atoms in total. The zero-order valence-electron chi connectivity index (χ0n) is 17.1. The fourth-order valence-corrected chi connectivity index (χ4v) is 6.75. The molecule has 1 N–H and O–H groups in total. The molecule has 3 atom stereocenters. The molecular formula is C24H44O. The lowest BCUT2D eigenvalue weighted by molar-refractivity contribution is -0.116. The zero-order valence-corrected chi connectivity index (χ0v) is 17.1. The minimum atomic E-state index is -0.390. The van der Waals surface area contributed by atoms with Gasteiger partial charge in [0, 0.05) is 0 Å². The van der Waals surface area contributed by atoms with E-state index in [-0.39, 0.29) is 5.60 Å². The summed E-state index contributed by atoms with van der Waals surface area (Å²) in [6.07, 6.45) is 21.8. The Hall–Kier alpha value is -0.0400. The Kier molecular flexibility index (Phi) is 7.29. The summed E-state index contributed by atoms with van der Waals surface area (Å²) >= 11 is 0. The Bertz CT molecular complexity index is 374. The van der Waals surface area contributed by atoms with E-state index in [0.717, 1.165) is 18.3 Å². The van der Waals surface area contributed by atoms with Crippen molar-refractivity contribution in [2.45, 2.75) is 122 Å². The first-order chi connectivity index (χ1) is 12.1. The predicted octanol–water partition coefficient (Wildman–Crippen LogP) is 7.12. The number of rotatable bonds is 6. The molecule has 0 amide bonds. The van der Waals surface area contributed by atoms with Gasteiger partial charge in [-0.3, -0.25) is 0 Å². The van der Waals surface area contributed by atoms with Gasteiger partial charge in [0.2, 0.25) is 0 Å². The van der Waals surface area contributed by atoms with Gasteiger partial charge in [-0.2, -0.15) is 0 Å². The van der Waals surface area contributed by atoms with Crippen molar-refractivity contribution in [2.24, 2.45) is 29.6 Å². The van der Waals surface area contributed by atoms with E-state index in [2.05, 4.69) is 13.8 Å². The van der Waals surface area contributed by atoms with Crippen LogP contribution in [0.4, 0.5) is 0 Å². The van der Waals surface area contributed by atoms with Gasteiger partial charge in [-0.15, -0.1) is 0 Å². The molecule has 0 radical (unpaired) electrons. The van der Waals surface area contributed by atoms with Crippen LogP contribution in [-0.4, -0.2) is 10.7 Å². The number of hydrogen-bond donors (Lipinski definition) is 1. The van der Waals surface area contributed by atoms with Gasteiger partial charge in [0.1, 0.15) is 0 Å². The van der Waals surface area contributed by atoms with E-state index in [1.807, 2.05) is 0 Å². The molecule has 146 valence electrons. The average molecular weight is 349 g/mol. The van der Waals surface area contributed by atoms with Crippen LogP contribution < -0.4 is 0 Å². The second kappa shape index (κ2) is 9.25. The molecule has 0 heterocycles. The van der Waals surface area contributed by atoms with Gasteiger partial charge in [-0.05, 0) is 48.9 Å². The SMILES string of the molecule is CC(CC(O)(C1CCCCC1)C(C)C1CCCCC1)C1CCCCC1. The highest BCUT2D eigenvalue weighted by Crippen LogP contribution is 2.48. The van der Waals surface area contributed by atoms with Crippen LogP contribution >= 0.6 is 0 Å². The van der Waals surface area contributed by atoms with Crippen molar-refractivity contribution in [1.82, 2.24) is 0 Å². The van der Waals surface area contributed by atoms with Crippen molar-refractivity contribution in [1.29, 1.82) is 0 Å². The quantitative estimate of drug-likeness (QED) is 0.541. The minimum absolute atomic E-state index is 0.390. The Morgan fingerprint density at radius 3 is 1.64 bits per heavy atom. The monoisotopic (exact) mass is 348 g/mol. The molecule has 3 unspecified atom stereocenters. The van der Waals surface area contributed by atoms with Crippen molar-refractivity contribution < 1.29 is 5.11 Å². The Labute approximate surface area is 157 Å². The van der Waals surface area contributed by atoms with Crippen LogP contribution in [0.2, 0.25) is 0 Å². The zero-order chi connectivity index (χ0) is 17.7. The highest BCUT2D eigenvalue weighted by molar-refractivity contribution is 4.97. The van der Waals surface area contributed by atoms with Gasteiger partial charge < -0.3 is 5.11 Å². The molecule has 25 heavy (non-hydrogen) atoms. The van der Waals surface area contributed by atoms with E-state index in [1.54, 1.807) is 0 Å². The fraction of sp³-hybridized carbons (Fsp3) is 1.00. The minimum Gasteiger partial charge on any atom is -0.389 e. The largest absolute Gasteiger partial charge is 0.389 e. The van der Waals surface area contributed by atoms with Crippen LogP contribution in [0.25, 0.3) is 0 Å². The van der Waals surface area contributed by atoms with E-state index in [9.17, 15) is 5.11 Å². The van der Waals surface area contributed by atoms with E-state index in [1.165, 1.54) is 96.3 Å². The maximum atomic E-state index is 12.2. The molecule has 0 aromatic heterocycles. The molecule has 1 heteroatoms. The smallest absolute Gasteiger partial charge is 0.0706 e. The van der Waals surface area contributed by atoms with Crippen LogP contribution in [0.1, 0.15) is 117 Å². The van der Waals surface area contributed by atoms with Gasteiger partial charge in [0.15, 0.2) is 0 Å². The standard InChI is InChI=1S/C24H44O/c1-19(21-12-6-3-7-13-21)18-24(25,23-16-10-5-11-17-23)20(2)22-14-8-4-9-15-22/h19-23,25H,3-18H2,1-2H3. The lowest BCUT2D eigenvalue weighted by atomic mass is 9.61. The van der Waals surface area contributed by atoms with Gasteiger partial charge in [-0.25, -0.2) is 0 Å². The molecule has 0 aromatic carbocycles. The van der Waals surface area contributed by atoms with E-state index in [4.69, 9.17) is 0 Å². The lowest BCUT2D eigenvalue weighted by Gasteiger charge is -2.48. The molecule has 3 aliphatic carbocycles. The van der Waals surface area contributed by atoms with Gasteiger partial charge in [-0.1, -0.05) is 97.3 Å². The maximum absolute atomic E-state index is 12.2. The average Bonchev–Trinajstić information content (AvgIpc) is 2.69. The van der Waals surface area contributed by atoms with E-state index < -0.39 is 0 Å². The van der Waals surface area contributed by atoms with Crippen molar-refractivity contribution in [2.75, 3.05) is 0 Å². The second-order valence-electron chi connectivity index (χ2n) is 10.1. The molecule has 0 spiro atoms. The van der Waals surface area contributed by atoms with E-state index >= 15 is 0 Å². The van der Waals surface area contributed by atoms with Crippen LogP contribution in [-0.2, 0) is 0 Å². The molecule has 0 bridgehead atoms. The van der Waals surface area contributed by atoms with Crippen LogP contribution in [0.15, 0.2) is 0 Å². The molecule has 3 saturated carbocycles. The highest BCUT2D eigenvalue weighted by atomic mass is 16.3. The summed E-state index contributed by atoms with van der Waals surface area (Å²) in [6.45, 7) is 4.90. The van der Waals surface area contributed by atoms with Crippen LogP contribution in [0.5, 0.6) is 0 Å². The van der Waals surface area contributed by atoms with Crippen molar-refractivity contribution in [3.05, 3.63) is 0 Å². The summed E-state index contributed by atoms with van der Waals surface area (Å²) in [5.74, 6) is 3.44. The van der Waals surface area contributed by atoms with Gasteiger partial charge >= 0.3 is 0 Å².